The summed E-state index contributed by atoms with van der Waals surface area (Å²) in [5, 5.41) is 11.3. The van der Waals surface area contributed by atoms with E-state index in [0.717, 1.165) is 36.1 Å². The Kier molecular flexibility index (Phi) is 4.80. The number of hydrogen-bond donors (Lipinski definition) is 1. The predicted molar refractivity (Wildman–Crippen MR) is 89.5 cm³/mol. The minimum Gasteiger partial charge on any atom is -0.496 e. The lowest BCUT2D eigenvalue weighted by molar-refractivity contribution is -0.126. The molecular formula is C17H23N5O2. The number of rotatable bonds is 5. The van der Waals surface area contributed by atoms with E-state index in [9.17, 15) is 4.79 Å². The number of methoxy groups -OCH3 is 1. The molecule has 0 bridgehead atoms. The van der Waals surface area contributed by atoms with Crippen molar-refractivity contribution in [1.82, 2.24) is 25.0 Å². The summed E-state index contributed by atoms with van der Waals surface area (Å²) in [5.74, 6) is 2.64. The molecule has 1 aromatic carbocycles. The fourth-order valence-corrected chi connectivity index (χ4v) is 3.00. The van der Waals surface area contributed by atoms with Gasteiger partial charge in [0.15, 0.2) is 0 Å². The van der Waals surface area contributed by atoms with Crippen LogP contribution in [0.3, 0.4) is 0 Å². The highest BCUT2D eigenvalue weighted by molar-refractivity contribution is 5.81. The van der Waals surface area contributed by atoms with Gasteiger partial charge in [-0.2, -0.15) is 0 Å². The van der Waals surface area contributed by atoms with Crippen molar-refractivity contribution < 1.29 is 9.53 Å². The van der Waals surface area contributed by atoms with Gasteiger partial charge in [0.25, 0.3) is 0 Å². The van der Waals surface area contributed by atoms with Crippen molar-refractivity contribution in [2.75, 3.05) is 13.7 Å². The highest BCUT2D eigenvalue weighted by Crippen LogP contribution is 2.18. The number of fused-ring (bicyclic) bond motifs is 1. The van der Waals surface area contributed by atoms with Gasteiger partial charge in [0.1, 0.15) is 17.4 Å². The van der Waals surface area contributed by atoms with Crippen LogP contribution in [0.15, 0.2) is 24.3 Å². The minimum atomic E-state index is -0.217. The van der Waals surface area contributed by atoms with E-state index in [-0.39, 0.29) is 11.9 Å². The maximum Gasteiger partial charge on any atom is 0.237 e. The van der Waals surface area contributed by atoms with Crippen LogP contribution in [0, 0.1) is 6.92 Å². The van der Waals surface area contributed by atoms with Gasteiger partial charge in [-0.15, -0.1) is 10.2 Å². The van der Waals surface area contributed by atoms with E-state index in [2.05, 4.69) is 25.0 Å². The first-order valence-corrected chi connectivity index (χ1v) is 8.12. The molecule has 24 heavy (non-hydrogen) atoms. The summed E-state index contributed by atoms with van der Waals surface area (Å²) in [6, 6.07) is 7.48. The van der Waals surface area contributed by atoms with Crippen LogP contribution < -0.4 is 10.1 Å². The average Bonchev–Trinajstić information content (AvgIpc) is 2.99. The van der Waals surface area contributed by atoms with Gasteiger partial charge in [-0.1, -0.05) is 18.2 Å². The number of benzene rings is 1. The summed E-state index contributed by atoms with van der Waals surface area (Å²) < 4.78 is 7.42. The fraction of sp³-hybridized carbons (Fsp3) is 0.471. The second-order valence-corrected chi connectivity index (χ2v) is 5.99. The molecule has 2 heterocycles. The molecule has 2 aromatic rings. The third kappa shape index (κ3) is 3.26. The number of ether oxygens (including phenoxy) is 1. The van der Waals surface area contributed by atoms with Crippen LogP contribution in [0.5, 0.6) is 5.75 Å². The Balaban J connectivity index is 1.59. The molecule has 3 rings (SSSR count). The van der Waals surface area contributed by atoms with Gasteiger partial charge in [-0.05, 0) is 19.9 Å². The number of aryl methyl sites for hydroxylation is 1. The molecule has 0 saturated heterocycles. The summed E-state index contributed by atoms with van der Waals surface area (Å²) in [6.45, 7) is 6.61. The molecule has 0 saturated carbocycles. The molecule has 1 atom stereocenters. The first-order valence-electron chi connectivity index (χ1n) is 8.12. The van der Waals surface area contributed by atoms with Gasteiger partial charge in [-0.25, -0.2) is 0 Å². The molecule has 1 N–H and O–H groups in total. The molecule has 1 aromatic heterocycles. The van der Waals surface area contributed by atoms with Crippen LogP contribution in [0.2, 0.25) is 0 Å². The molecule has 0 fully saturated rings. The Hall–Kier alpha value is -2.41. The minimum absolute atomic E-state index is 0.00518. The van der Waals surface area contributed by atoms with Crippen LogP contribution in [0.25, 0.3) is 0 Å². The van der Waals surface area contributed by atoms with E-state index < -0.39 is 0 Å². The Morgan fingerprint density at radius 1 is 1.33 bits per heavy atom. The summed E-state index contributed by atoms with van der Waals surface area (Å²) in [7, 11) is 1.63. The Labute approximate surface area is 141 Å². The standard InChI is InChI=1S/C17H23N5O2/c1-12(21-8-9-22-13(2)19-20-16(22)11-21)17(23)18-10-14-6-4-5-7-15(14)24-3/h4-7,12H,8-11H2,1-3H3,(H,18,23)/t12-/m0/s1. The number of para-hydroxylation sites is 1. The molecule has 0 aliphatic carbocycles. The maximum absolute atomic E-state index is 12.5. The lowest BCUT2D eigenvalue weighted by Crippen LogP contribution is -2.48. The van der Waals surface area contributed by atoms with Crippen LogP contribution >= 0.6 is 0 Å². The maximum atomic E-state index is 12.5. The summed E-state index contributed by atoms with van der Waals surface area (Å²) in [5.41, 5.74) is 0.967. The van der Waals surface area contributed by atoms with E-state index in [1.165, 1.54) is 0 Å². The number of aromatic nitrogens is 3. The molecule has 7 heteroatoms. The first kappa shape index (κ1) is 16.4. The van der Waals surface area contributed by atoms with E-state index in [1.54, 1.807) is 7.11 Å². The number of amides is 1. The molecule has 7 nitrogen and oxygen atoms in total. The van der Waals surface area contributed by atoms with Crippen molar-refractivity contribution in [2.24, 2.45) is 0 Å². The van der Waals surface area contributed by atoms with Crippen molar-refractivity contribution >= 4 is 5.91 Å². The lowest BCUT2D eigenvalue weighted by Gasteiger charge is -2.31. The third-order valence-electron chi connectivity index (χ3n) is 4.54. The number of nitrogens with one attached hydrogen (secondary N) is 1. The van der Waals surface area contributed by atoms with Gasteiger partial charge < -0.3 is 14.6 Å². The fourth-order valence-electron chi connectivity index (χ4n) is 3.00. The van der Waals surface area contributed by atoms with Crippen molar-refractivity contribution in [1.29, 1.82) is 0 Å². The van der Waals surface area contributed by atoms with Gasteiger partial charge in [0.05, 0.1) is 19.7 Å². The molecule has 0 unspecified atom stereocenters. The molecule has 0 spiro atoms. The Morgan fingerprint density at radius 2 is 2.12 bits per heavy atom. The largest absolute Gasteiger partial charge is 0.496 e. The quantitative estimate of drug-likeness (QED) is 0.890. The second kappa shape index (κ2) is 7.00. The average molecular weight is 329 g/mol. The van der Waals surface area contributed by atoms with Gasteiger partial charge in [0, 0.05) is 25.2 Å². The number of carbonyl (C=O) groups excluding carboxylic acids is 1. The zero-order valence-corrected chi connectivity index (χ0v) is 14.3. The zero-order chi connectivity index (χ0) is 17.1. The normalized spacial score (nSPS) is 15.6. The molecule has 128 valence electrons. The SMILES string of the molecule is COc1ccccc1CNC(=O)[C@H](C)N1CCn2c(C)nnc2C1. The molecule has 1 aliphatic heterocycles. The van der Waals surface area contributed by atoms with Gasteiger partial charge in [-0.3, -0.25) is 9.69 Å². The first-order chi connectivity index (χ1) is 11.6. The highest BCUT2D eigenvalue weighted by atomic mass is 16.5. The van der Waals surface area contributed by atoms with Crippen molar-refractivity contribution in [3.63, 3.8) is 0 Å². The predicted octanol–water partition coefficient (Wildman–Crippen LogP) is 1.12. The van der Waals surface area contributed by atoms with Gasteiger partial charge >= 0.3 is 0 Å². The smallest absolute Gasteiger partial charge is 0.237 e. The zero-order valence-electron chi connectivity index (χ0n) is 14.3. The molecule has 0 radical (unpaired) electrons. The van der Waals surface area contributed by atoms with Crippen molar-refractivity contribution in [2.45, 2.75) is 39.5 Å². The van der Waals surface area contributed by atoms with Gasteiger partial charge in [0.2, 0.25) is 5.91 Å². The summed E-state index contributed by atoms with van der Waals surface area (Å²) >= 11 is 0. The van der Waals surface area contributed by atoms with Crippen molar-refractivity contribution in [3.8, 4) is 5.75 Å². The Bertz CT molecular complexity index is 728. The van der Waals surface area contributed by atoms with Crippen LogP contribution in [0.1, 0.15) is 24.1 Å². The van der Waals surface area contributed by atoms with Crippen LogP contribution in [-0.2, 0) is 24.4 Å². The second-order valence-electron chi connectivity index (χ2n) is 5.99. The summed E-state index contributed by atoms with van der Waals surface area (Å²) in [4.78, 5) is 14.6. The van der Waals surface area contributed by atoms with E-state index in [1.807, 2.05) is 38.1 Å². The number of nitrogens with zero attached hydrogens (tertiary/aromatic N) is 4. The monoisotopic (exact) mass is 329 g/mol. The molecule has 1 amide bonds. The molecular weight excluding hydrogens is 306 g/mol. The van der Waals surface area contributed by atoms with Crippen molar-refractivity contribution in [3.05, 3.63) is 41.5 Å². The topological polar surface area (TPSA) is 72.3 Å². The summed E-state index contributed by atoms with van der Waals surface area (Å²) in [6.07, 6.45) is 0. The lowest BCUT2D eigenvalue weighted by atomic mass is 10.2. The molecule has 1 aliphatic rings. The van der Waals surface area contributed by atoms with E-state index in [4.69, 9.17) is 4.74 Å². The van der Waals surface area contributed by atoms with E-state index >= 15 is 0 Å². The Morgan fingerprint density at radius 3 is 2.92 bits per heavy atom. The van der Waals surface area contributed by atoms with E-state index in [0.29, 0.717) is 13.1 Å². The van der Waals surface area contributed by atoms with Crippen LogP contribution in [0.4, 0.5) is 0 Å². The number of hydrogen-bond acceptors (Lipinski definition) is 5. The third-order valence-corrected chi connectivity index (χ3v) is 4.54. The van der Waals surface area contributed by atoms with Crippen LogP contribution in [-0.4, -0.2) is 45.3 Å². The number of carbonyl (C=O) groups is 1. The highest BCUT2D eigenvalue weighted by Gasteiger charge is 2.27.